The molecule has 0 fully saturated rings. The summed E-state index contributed by atoms with van der Waals surface area (Å²) in [5.74, 6) is 1.88. The van der Waals surface area contributed by atoms with Crippen LogP contribution in [-0.2, 0) is 0 Å². The molecular weight excluding hydrogens is 382 g/mol. The summed E-state index contributed by atoms with van der Waals surface area (Å²) in [6, 6.07) is 23.4. The molecule has 164 valence electrons. The molecule has 0 aliphatic carbocycles. The quantitative estimate of drug-likeness (QED) is 0.322. The van der Waals surface area contributed by atoms with Gasteiger partial charge in [0.1, 0.15) is 11.5 Å². The van der Waals surface area contributed by atoms with Gasteiger partial charge in [0.05, 0.1) is 13.2 Å². The van der Waals surface area contributed by atoms with Gasteiger partial charge in [-0.3, -0.25) is 0 Å². The molecule has 0 unspecified atom stereocenters. The first-order valence-corrected chi connectivity index (χ1v) is 11.5. The number of nitrogens with two attached hydrogens (primary N) is 1. The molecule has 0 radical (unpaired) electrons. The summed E-state index contributed by atoms with van der Waals surface area (Å²) >= 11 is 0. The van der Waals surface area contributed by atoms with Crippen LogP contribution in [0.5, 0.6) is 11.5 Å². The van der Waals surface area contributed by atoms with Gasteiger partial charge in [0.2, 0.25) is 0 Å². The number of unbranched alkanes of at least 4 members (excludes halogenated alkanes) is 3. The van der Waals surface area contributed by atoms with Crippen LogP contribution in [-0.4, -0.2) is 19.8 Å². The maximum absolute atomic E-state index is 6.08. The monoisotopic (exact) mass is 417 g/mol. The Hall–Kier alpha value is -2.78. The van der Waals surface area contributed by atoms with E-state index in [1.54, 1.807) is 0 Å². The normalized spacial score (nSPS) is 10.8. The van der Waals surface area contributed by atoms with Gasteiger partial charge < -0.3 is 15.2 Å². The number of rotatable bonds is 12. The minimum Gasteiger partial charge on any atom is -0.494 e. The SMILES string of the molecule is CCCCCOc1ccc(-c2ccc(-c3ccc(C)cc3OCCCCN)cc2)cc1. The Morgan fingerprint density at radius 2 is 1.29 bits per heavy atom. The number of ether oxygens (including phenoxy) is 2. The predicted molar refractivity (Wildman–Crippen MR) is 131 cm³/mol. The number of benzene rings is 3. The highest BCUT2D eigenvalue weighted by atomic mass is 16.5. The topological polar surface area (TPSA) is 44.5 Å². The second-order valence-corrected chi connectivity index (χ2v) is 8.00. The molecule has 3 aromatic rings. The molecule has 0 atom stereocenters. The van der Waals surface area contributed by atoms with E-state index in [0.717, 1.165) is 48.5 Å². The van der Waals surface area contributed by atoms with Crippen LogP contribution in [0.4, 0.5) is 0 Å². The summed E-state index contributed by atoms with van der Waals surface area (Å²) in [6.45, 7) is 6.48. The summed E-state index contributed by atoms with van der Waals surface area (Å²) in [6.07, 6.45) is 5.49. The highest BCUT2D eigenvalue weighted by molar-refractivity contribution is 5.74. The predicted octanol–water partition coefficient (Wildman–Crippen LogP) is 7.02. The van der Waals surface area contributed by atoms with Crippen LogP contribution in [0.3, 0.4) is 0 Å². The average Bonchev–Trinajstić information content (AvgIpc) is 2.80. The molecule has 0 spiro atoms. The number of aryl methyl sites for hydroxylation is 1. The van der Waals surface area contributed by atoms with E-state index >= 15 is 0 Å². The molecular formula is C28H35NO2. The zero-order valence-corrected chi connectivity index (χ0v) is 18.9. The van der Waals surface area contributed by atoms with E-state index < -0.39 is 0 Å². The zero-order valence-electron chi connectivity index (χ0n) is 18.9. The molecule has 3 heteroatoms. The van der Waals surface area contributed by atoms with Crippen LogP contribution in [0.1, 0.15) is 44.6 Å². The van der Waals surface area contributed by atoms with E-state index in [-0.39, 0.29) is 0 Å². The van der Waals surface area contributed by atoms with Crippen LogP contribution in [0.2, 0.25) is 0 Å². The Bertz CT molecular complexity index is 917. The first kappa shape index (κ1) is 22.9. The molecule has 2 N–H and O–H groups in total. The van der Waals surface area contributed by atoms with E-state index in [9.17, 15) is 0 Å². The van der Waals surface area contributed by atoms with Gasteiger partial charge in [0, 0.05) is 5.56 Å². The molecule has 0 saturated carbocycles. The lowest BCUT2D eigenvalue weighted by Crippen LogP contribution is -2.04. The van der Waals surface area contributed by atoms with Gasteiger partial charge in [-0.1, -0.05) is 68.3 Å². The summed E-state index contributed by atoms with van der Waals surface area (Å²) in [5.41, 5.74) is 11.5. The lowest BCUT2D eigenvalue weighted by atomic mass is 9.99. The van der Waals surface area contributed by atoms with Crippen molar-refractivity contribution < 1.29 is 9.47 Å². The molecule has 0 saturated heterocycles. The van der Waals surface area contributed by atoms with Crippen LogP contribution in [0.25, 0.3) is 22.3 Å². The smallest absolute Gasteiger partial charge is 0.127 e. The largest absolute Gasteiger partial charge is 0.494 e. The Morgan fingerprint density at radius 1 is 0.677 bits per heavy atom. The van der Waals surface area contributed by atoms with E-state index in [4.69, 9.17) is 15.2 Å². The summed E-state index contributed by atoms with van der Waals surface area (Å²) in [4.78, 5) is 0. The van der Waals surface area contributed by atoms with Crippen molar-refractivity contribution in [3.8, 4) is 33.8 Å². The van der Waals surface area contributed by atoms with Crippen molar-refractivity contribution in [3.63, 3.8) is 0 Å². The highest BCUT2D eigenvalue weighted by Gasteiger charge is 2.08. The summed E-state index contributed by atoms with van der Waals surface area (Å²) < 4.78 is 11.9. The van der Waals surface area contributed by atoms with Crippen LogP contribution < -0.4 is 15.2 Å². The van der Waals surface area contributed by atoms with E-state index in [1.807, 2.05) is 0 Å². The minimum atomic E-state index is 0.693. The fourth-order valence-electron chi connectivity index (χ4n) is 3.54. The molecule has 0 heterocycles. The molecule has 0 aliphatic rings. The maximum atomic E-state index is 6.08. The lowest BCUT2D eigenvalue weighted by molar-refractivity contribution is 0.306. The maximum Gasteiger partial charge on any atom is 0.127 e. The van der Waals surface area contributed by atoms with Gasteiger partial charge in [0.15, 0.2) is 0 Å². The van der Waals surface area contributed by atoms with Gasteiger partial charge in [-0.25, -0.2) is 0 Å². The molecule has 31 heavy (non-hydrogen) atoms. The van der Waals surface area contributed by atoms with Crippen molar-refractivity contribution in [1.82, 2.24) is 0 Å². The van der Waals surface area contributed by atoms with Crippen LogP contribution in [0, 0.1) is 6.92 Å². The Kier molecular flexibility index (Phi) is 8.99. The van der Waals surface area contributed by atoms with Crippen LogP contribution in [0.15, 0.2) is 66.7 Å². The first-order chi connectivity index (χ1) is 15.2. The highest BCUT2D eigenvalue weighted by Crippen LogP contribution is 2.33. The molecule has 0 aliphatic heterocycles. The third kappa shape index (κ3) is 6.86. The second kappa shape index (κ2) is 12.2. The fraction of sp³-hybridized carbons (Fsp3) is 0.357. The van der Waals surface area contributed by atoms with E-state index in [1.165, 1.54) is 29.5 Å². The molecule has 0 bridgehead atoms. The van der Waals surface area contributed by atoms with Crippen molar-refractivity contribution in [2.45, 2.75) is 46.0 Å². The van der Waals surface area contributed by atoms with Crippen molar-refractivity contribution in [2.24, 2.45) is 5.73 Å². The van der Waals surface area contributed by atoms with Gasteiger partial charge in [-0.05, 0) is 73.2 Å². The molecule has 3 aromatic carbocycles. The van der Waals surface area contributed by atoms with Crippen molar-refractivity contribution in [2.75, 3.05) is 19.8 Å². The van der Waals surface area contributed by atoms with Gasteiger partial charge in [0.25, 0.3) is 0 Å². The summed E-state index contributed by atoms with van der Waals surface area (Å²) in [7, 11) is 0. The zero-order chi connectivity index (χ0) is 21.9. The molecule has 3 nitrogen and oxygen atoms in total. The Morgan fingerprint density at radius 3 is 1.97 bits per heavy atom. The first-order valence-electron chi connectivity index (χ1n) is 11.5. The Balaban J connectivity index is 1.69. The fourth-order valence-corrected chi connectivity index (χ4v) is 3.54. The van der Waals surface area contributed by atoms with Crippen molar-refractivity contribution in [3.05, 3.63) is 72.3 Å². The standard InChI is InChI=1S/C28H35NO2/c1-3-4-6-19-30-26-15-13-24(14-16-26)23-9-11-25(12-10-23)27-17-8-22(2)21-28(27)31-20-7-5-18-29/h8-17,21H,3-7,18-20,29H2,1-2H3. The third-order valence-electron chi connectivity index (χ3n) is 5.39. The third-order valence-corrected chi connectivity index (χ3v) is 5.39. The average molecular weight is 418 g/mol. The second-order valence-electron chi connectivity index (χ2n) is 8.00. The lowest BCUT2D eigenvalue weighted by Gasteiger charge is -2.13. The van der Waals surface area contributed by atoms with Crippen molar-refractivity contribution >= 4 is 0 Å². The molecule has 0 aromatic heterocycles. The van der Waals surface area contributed by atoms with Gasteiger partial charge >= 0.3 is 0 Å². The summed E-state index contributed by atoms with van der Waals surface area (Å²) in [5, 5.41) is 0. The minimum absolute atomic E-state index is 0.693. The molecule has 3 rings (SSSR count). The van der Waals surface area contributed by atoms with Crippen molar-refractivity contribution in [1.29, 1.82) is 0 Å². The van der Waals surface area contributed by atoms with Gasteiger partial charge in [-0.15, -0.1) is 0 Å². The van der Waals surface area contributed by atoms with Gasteiger partial charge in [-0.2, -0.15) is 0 Å². The van der Waals surface area contributed by atoms with Crippen LogP contribution >= 0.6 is 0 Å². The number of hydrogen-bond donors (Lipinski definition) is 1. The number of hydrogen-bond acceptors (Lipinski definition) is 3. The Labute approximate surface area is 187 Å². The van der Waals surface area contributed by atoms with E-state index in [0.29, 0.717) is 13.2 Å². The van der Waals surface area contributed by atoms with E-state index in [2.05, 4.69) is 80.6 Å². The molecule has 0 amide bonds.